The van der Waals surface area contributed by atoms with Crippen LogP contribution < -0.4 is 15.9 Å². The van der Waals surface area contributed by atoms with E-state index in [-0.39, 0.29) is 0 Å². The first kappa shape index (κ1) is 23.0. The first-order valence-corrected chi connectivity index (χ1v) is 14.0. The third kappa shape index (κ3) is 3.78. The van der Waals surface area contributed by atoms with Crippen molar-refractivity contribution >= 4 is 57.0 Å². The monoisotopic (exact) mass is 495 g/mol. The molecule has 0 aliphatic heterocycles. The Morgan fingerprint density at radius 2 is 0.973 bits per heavy atom. The Kier molecular flexibility index (Phi) is 5.75. The molecule has 6 aromatic rings. The standard InChI is InChI=1S/C34H26NOP/c1-3-25-15-21-33-31(23-25)32-24-26(4-2)16-22-34(32)35(33)27-17-19-30(20-18-27)37(36,28-11-7-5-8-12-28)29-13-9-6-10-14-29/h3-24H,1-2H2. The fourth-order valence-corrected chi connectivity index (χ4v) is 7.77. The van der Waals surface area contributed by atoms with Gasteiger partial charge in [-0.3, -0.25) is 0 Å². The van der Waals surface area contributed by atoms with Gasteiger partial charge in [-0.1, -0.05) is 98.1 Å². The van der Waals surface area contributed by atoms with Crippen LogP contribution in [0.5, 0.6) is 0 Å². The van der Waals surface area contributed by atoms with Gasteiger partial charge < -0.3 is 9.13 Å². The van der Waals surface area contributed by atoms with Crippen molar-refractivity contribution in [2.24, 2.45) is 0 Å². The largest absolute Gasteiger partial charge is 0.309 e. The molecule has 0 amide bonds. The highest BCUT2D eigenvalue weighted by Gasteiger charge is 2.29. The van der Waals surface area contributed by atoms with Crippen molar-refractivity contribution in [1.29, 1.82) is 0 Å². The summed E-state index contributed by atoms with van der Waals surface area (Å²) in [6, 6.07) is 40.6. The van der Waals surface area contributed by atoms with Gasteiger partial charge in [-0.05, 0) is 59.7 Å². The highest BCUT2D eigenvalue weighted by atomic mass is 31.2. The van der Waals surface area contributed by atoms with Crippen LogP contribution in [0.25, 0.3) is 39.6 Å². The summed E-state index contributed by atoms with van der Waals surface area (Å²) in [6.45, 7) is 7.90. The summed E-state index contributed by atoms with van der Waals surface area (Å²) >= 11 is 0. The molecule has 5 aromatic carbocycles. The smallest absolute Gasteiger partial charge is 0.171 e. The molecule has 0 aliphatic carbocycles. The number of benzene rings is 5. The minimum atomic E-state index is -3.02. The zero-order valence-electron chi connectivity index (χ0n) is 20.4. The average molecular weight is 496 g/mol. The minimum Gasteiger partial charge on any atom is -0.309 e. The van der Waals surface area contributed by atoms with Gasteiger partial charge in [0, 0.05) is 32.4 Å². The lowest BCUT2D eigenvalue weighted by atomic mass is 10.1. The molecule has 0 atom stereocenters. The van der Waals surface area contributed by atoms with E-state index < -0.39 is 7.14 Å². The van der Waals surface area contributed by atoms with E-state index in [1.807, 2.05) is 84.9 Å². The molecule has 1 heterocycles. The predicted molar refractivity (Wildman–Crippen MR) is 160 cm³/mol. The van der Waals surface area contributed by atoms with Gasteiger partial charge >= 0.3 is 0 Å². The van der Waals surface area contributed by atoms with Crippen LogP contribution >= 0.6 is 7.14 Å². The summed E-state index contributed by atoms with van der Waals surface area (Å²) in [5, 5.41) is 4.82. The number of hydrogen-bond donors (Lipinski definition) is 0. The first-order chi connectivity index (χ1) is 18.1. The fourth-order valence-electron chi connectivity index (χ4n) is 5.13. The maximum atomic E-state index is 14.8. The van der Waals surface area contributed by atoms with Gasteiger partial charge in [0.25, 0.3) is 0 Å². The van der Waals surface area contributed by atoms with Crippen LogP contribution in [0.1, 0.15) is 11.1 Å². The van der Waals surface area contributed by atoms with Gasteiger partial charge in [0.05, 0.1) is 11.0 Å². The Balaban J connectivity index is 1.56. The second-order valence-corrected chi connectivity index (χ2v) is 11.9. The van der Waals surface area contributed by atoms with Crippen LogP contribution in [-0.2, 0) is 4.57 Å². The van der Waals surface area contributed by atoms with Crippen LogP contribution in [0.3, 0.4) is 0 Å². The fraction of sp³-hybridized carbons (Fsp3) is 0. The molecule has 37 heavy (non-hydrogen) atoms. The lowest BCUT2D eigenvalue weighted by molar-refractivity contribution is 0.592. The molecule has 0 fully saturated rings. The normalized spacial score (nSPS) is 11.6. The van der Waals surface area contributed by atoms with Crippen molar-refractivity contribution in [2.75, 3.05) is 0 Å². The highest BCUT2D eigenvalue weighted by Crippen LogP contribution is 2.42. The average Bonchev–Trinajstić information content (AvgIpc) is 3.30. The van der Waals surface area contributed by atoms with E-state index in [4.69, 9.17) is 0 Å². The second-order valence-electron chi connectivity index (χ2n) is 9.09. The zero-order chi connectivity index (χ0) is 25.4. The quantitative estimate of drug-likeness (QED) is 0.217. The van der Waals surface area contributed by atoms with Crippen LogP contribution in [0, 0.1) is 0 Å². The number of fused-ring (bicyclic) bond motifs is 3. The molecule has 3 heteroatoms. The third-order valence-electron chi connectivity index (χ3n) is 7.00. The van der Waals surface area contributed by atoms with Gasteiger partial charge in [0.2, 0.25) is 0 Å². The summed E-state index contributed by atoms with van der Waals surface area (Å²) in [5.41, 5.74) is 5.41. The lowest BCUT2D eigenvalue weighted by Crippen LogP contribution is -2.24. The zero-order valence-corrected chi connectivity index (χ0v) is 21.3. The molecule has 0 spiro atoms. The maximum absolute atomic E-state index is 14.8. The van der Waals surface area contributed by atoms with E-state index in [0.29, 0.717) is 0 Å². The van der Waals surface area contributed by atoms with Crippen molar-refractivity contribution in [1.82, 2.24) is 4.57 Å². The maximum Gasteiger partial charge on any atom is 0.171 e. The summed E-state index contributed by atoms with van der Waals surface area (Å²) in [6.07, 6.45) is 3.75. The molecule has 0 N–H and O–H groups in total. The Morgan fingerprint density at radius 3 is 1.41 bits per heavy atom. The van der Waals surface area contributed by atoms with Crippen molar-refractivity contribution in [3.63, 3.8) is 0 Å². The Labute approximate surface area is 217 Å². The molecular formula is C34H26NOP. The van der Waals surface area contributed by atoms with E-state index in [0.717, 1.165) is 43.8 Å². The van der Waals surface area contributed by atoms with Crippen LogP contribution in [0.4, 0.5) is 0 Å². The minimum absolute atomic E-state index is 0.817. The molecule has 1 aromatic heterocycles. The van der Waals surface area contributed by atoms with E-state index in [9.17, 15) is 4.57 Å². The molecule has 0 bridgehead atoms. The number of hydrogen-bond acceptors (Lipinski definition) is 1. The molecule has 0 unspecified atom stereocenters. The predicted octanol–water partition coefficient (Wildman–Crippen LogP) is 7.71. The molecule has 0 radical (unpaired) electrons. The van der Waals surface area contributed by atoms with E-state index in [1.54, 1.807) is 0 Å². The SMILES string of the molecule is C=Cc1ccc2c(c1)c1cc(C=C)ccc1n2-c1ccc(P(=O)(c2ccccc2)c2ccccc2)cc1. The van der Waals surface area contributed by atoms with E-state index in [1.165, 1.54) is 10.8 Å². The summed E-state index contributed by atoms with van der Waals surface area (Å²) in [5.74, 6) is 0. The first-order valence-electron chi connectivity index (χ1n) is 12.3. The van der Waals surface area contributed by atoms with Crippen LogP contribution in [0.15, 0.2) is 134 Å². The Hall–Kier alpha value is -4.39. The lowest BCUT2D eigenvalue weighted by Gasteiger charge is -2.20. The molecular weight excluding hydrogens is 469 g/mol. The van der Waals surface area contributed by atoms with Gasteiger partial charge in [-0.2, -0.15) is 0 Å². The van der Waals surface area contributed by atoms with Gasteiger partial charge in [0.15, 0.2) is 7.14 Å². The number of aromatic nitrogens is 1. The summed E-state index contributed by atoms with van der Waals surface area (Å²) in [7, 11) is -3.02. The molecule has 0 saturated heterocycles. The highest BCUT2D eigenvalue weighted by molar-refractivity contribution is 7.85. The van der Waals surface area contributed by atoms with E-state index >= 15 is 0 Å². The van der Waals surface area contributed by atoms with Crippen LogP contribution in [0.2, 0.25) is 0 Å². The van der Waals surface area contributed by atoms with Gasteiger partial charge in [0.1, 0.15) is 0 Å². The van der Waals surface area contributed by atoms with Crippen molar-refractivity contribution in [3.8, 4) is 5.69 Å². The molecule has 6 rings (SSSR count). The van der Waals surface area contributed by atoms with Crippen LogP contribution in [-0.4, -0.2) is 4.57 Å². The van der Waals surface area contributed by atoms with Gasteiger partial charge in [-0.15, -0.1) is 0 Å². The Morgan fingerprint density at radius 1 is 0.541 bits per heavy atom. The number of rotatable bonds is 6. The molecule has 0 saturated carbocycles. The molecule has 178 valence electrons. The molecule has 0 aliphatic rings. The van der Waals surface area contributed by atoms with Gasteiger partial charge in [-0.25, -0.2) is 0 Å². The summed E-state index contributed by atoms with van der Waals surface area (Å²) < 4.78 is 17.0. The molecule has 2 nitrogen and oxygen atoms in total. The van der Waals surface area contributed by atoms with E-state index in [2.05, 4.69) is 66.3 Å². The number of nitrogens with zero attached hydrogens (tertiary/aromatic N) is 1. The summed E-state index contributed by atoms with van der Waals surface area (Å²) in [4.78, 5) is 0. The van der Waals surface area contributed by atoms with Crippen molar-refractivity contribution in [2.45, 2.75) is 0 Å². The second kappa shape index (κ2) is 9.24. The topological polar surface area (TPSA) is 22.0 Å². The van der Waals surface area contributed by atoms with Crippen molar-refractivity contribution < 1.29 is 4.57 Å². The Bertz CT molecular complexity index is 1700. The third-order valence-corrected chi connectivity index (χ3v) is 10.1. The van der Waals surface area contributed by atoms with Crippen molar-refractivity contribution in [3.05, 3.63) is 146 Å².